The lowest BCUT2D eigenvalue weighted by molar-refractivity contribution is 0.279. The van der Waals surface area contributed by atoms with E-state index in [2.05, 4.69) is 6.92 Å². The van der Waals surface area contributed by atoms with E-state index in [0.29, 0.717) is 17.4 Å². The van der Waals surface area contributed by atoms with Crippen molar-refractivity contribution in [2.75, 3.05) is 12.4 Å². The molecule has 0 aromatic heterocycles. The van der Waals surface area contributed by atoms with Crippen molar-refractivity contribution in [3.05, 3.63) is 23.8 Å². The second kappa shape index (κ2) is 9.51. The van der Waals surface area contributed by atoms with E-state index < -0.39 is 11.6 Å². The van der Waals surface area contributed by atoms with Crippen molar-refractivity contribution in [2.45, 2.75) is 63.7 Å². The number of halogens is 2. The van der Waals surface area contributed by atoms with Gasteiger partial charge in [-0.15, -0.1) is 11.8 Å². The Hall–Kier alpha value is -0.770. The number of rotatable bonds is 8. The molecule has 0 atom stereocenters. The summed E-state index contributed by atoms with van der Waals surface area (Å²) in [6, 6.07) is 3.20. The molecule has 0 unspecified atom stereocenters. The summed E-state index contributed by atoms with van der Waals surface area (Å²) in [7, 11) is 0. The highest BCUT2D eigenvalue weighted by Crippen LogP contribution is 2.36. The molecule has 1 aromatic carbocycles. The summed E-state index contributed by atoms with van der Waals surface area (Å²) in [5.74, 6) is 0.800. The molecule has 1 aliphatic carbocycles. The van der Waals surface area contributed by atoms with Crippen LogP contribution in [0.4, 0.5) is 8.78 Å². The molecule has 0 radical (unpaired) electrons. The number of hydrogen-bond acceptors (Lipinski definition) is 2. The molecular weight excluding hydrogens is 314 g/mol. The zero-order valence-corrected chi connectivity index (χ0v) is 15.1. The first-order valence-corrected chi connectivity index (χ1v) is 9.87. The van der Waals surface area contributed by atoms with E-state index in [4.69, 9.17) is 4.74 Å². The molecule has 1 aliphatic rings. The van der Waals surface area contributed by atoms with Gasteiger partial charge in [-0.2, -0.15) is 4.39 Å². The fraction of sp³-hybridized carbons (Fsp3) is 0.684. The molecule has 130 valence electrons. The van der Waals surface area contributed by atoms with Gasteiger partial charge >= 0.3 is 0 Å². The topological polar surface area (TPSA) is 9.23 Å². The highest BCUT2D eigenvalue weighted by atomic mass is 32.2. The summed E-state index contributed by atoms with van der Waals surface area (Å²) in [5.41, 5.74) is 0. The third kappa shape index (κ3) is 5.37. The number of thioether (sulfide) groups is 1. The largest absolute Gasteiger partial charge is 0.490 e. The highest BCUT2D eigenvalue weighted by molar-refractivity contribution is 7.99. The first kappa shape index (κ1) is 18.6. The van der Waals surface area contributed by atoms with Gasteiger partial charge in [0.05, 0.1) is 6.61 Å². The molecule has 1 aromatic rings. The van der Waals surface area contributed by atoms with Crippen LogP contribution >= 0.6 is 11.8 Å². The lowest BCUT2D eigenvalue weighted by Crippen LogP contribution is -2.16. The van der Waals surface area contributed by atoms with Crippen LogP contribution in [0.25, 0.3) is 0 Å². The third-order valence-corrected chi connectivity index (χ3v) is 5.88. The van der Waals surface area contributed by atoms with Gasteiger partial charge in [0.2, 0.25) is 5.82 Å². The summed E-state index contributed by atoms with van der Waals surface area (Å²) in [6.45, 7) is 4.59. The maximum Gasteiger partial charge on any atom is 0.201 e. The Labute approximate surface area is 143 Å². The van der Waals surface area contributed by atoms with Gasteiger partial charge in [-0.1, -0.05) is 39.5 Å². The molecule has 0 aliphatic heterocycles. The van der Waals surface area contributed by atoms with Crippen LogP contribution in [-0.2, 0) is 0 Å². The van der Waals surface area contributed by atoms with Gasteiger partial charge in [0.15, 0.2) is 11.6 Å². The summed E-state index contributed by atoms with van der Waals surface area (Å²) in [4.78, 5) is 0.405. The number of benzene rings is 1. The molecule has 0 spiro atoms. The van der Waals surface area contributed by atoms with E-state index in [-0.39, 0.29) is 5.75 Å². The molecule has 1 nitrogen and oxygen atoms in total. The van der Waals surface area contributed by atoms with Crippen LogP contribution < -0.4 is 4.74 Å². The van der Waals surface area contributed by atoms with Crippen molar-refractivity contribution >= 4 is 11.8 Å². The molecule has 0 heterocycles. The molecule has 0 amide bonds. The fourth-order valence-corrected chi connectivity index (χ4v) is 4.38. The van der Waals surface area contributed by atoms with Gasteiger partial charge in [-0.3, -0.25) is 0 Å². The standard InChI is InChI=1S/C19H28F2OS/c1-3-5-14-6-8-15(9-7-14)13-23-17-11-10-16(22-12-4-2)18(20)19(17)21/h10-11,14-15H,3-9,12-13H2,1-2H3. The van der Waals surface area contributed by atoms with Crippen LogP contribution in [0.2, 0.25) is 0 Å². The molecule has 0 N–H and O–H groups in total. The van der Waals surface area contributed by atoms with Crippen molar-refractivity contribution < 1.29 is 13.5 Å². The highest BCUT2D eigenvalue weighted by Gasteiger charge is 2.22. The van der Waals surface area contributed by atoms with Crippen LogP contribution in [0, 0.1) is 23.5 Å². The minimum atomic E-state index is -0.852. The zero-order valence-electron chi connectivity index (χ0n) is 14.2. The maximum absolute atomic E-state index is 14.1. The SMILES string of the molecule is CCCOc1ccc(SCC2CCC(CCC)CC2)c(F)c1F. The Kier molecular flexibility index (Phi) is 7.68. The van der Waals surface area contributed by atoms with Crippen molar-refractivity contribution in [2.24, 2.45) is 11.8 Å². The van der Waals surface area contributed by atoms with Crippen molar-refractivity contribution in [1.82, 2.24) is 0 Å². The van der Waals surface area contributed by atoms with Gasteiger partial charge < -0.3 is 4.74 Å². The Morgan fingerprint density at radius 3 is 2.35 bits per heavy atom. The molecule has 23 heavy (non-hydrogen) atoms. The van der Waals surface area contributed by atoms with E-state index in [1.165, 1.54) is 50.3 Å². The quantitative estimate of drug-likeness (QED) is 0.502. The average molecular weight is 342 g/mol. The fourth-order valence-electron chi connectivity index (χ4n) is 3.25. The third-order valence-electron chi connectivity index (χ3n) is 4.61. The van der Waals surface area contributed by atoms with Crippen LogP contribution in [0.3, 0.4) is 0 Å². The minimum absolute atomic E-state index is 0.0220. The van der Waals surface area contributed by atoms with Crippen LogP contribution in [0.1, 0.15) is 58.8 Å². The molecular formula is C19H28F2OS. The van der Waals surface area contributed by atoms with Gasteiger partial charge in [-0.25, -0.2) is 4.39 Å². The monoisotopic (exact) mass is 342 g/mol. The number of ether oxygens (including phenoxy) is 1. The van der Waals surface area contributed by atoms with E-state index in [1.54, 1.807) is 12.1 Å². The summed E-state index contributed by atoms with van der Waals surface area (Å²) < 4.78 is 33.3. The normalized spacial score (nSPS) is 21.4. The van der Waals surface area contributed by atoms with Crippen molar-refractivity contribution in [1.29, 1.82) is 0 Å². The molecule has 1 saturated carbocycles. The van der Waals surface area contributed by atoms with Crippen LogP contribution in [0.15, 0.2) is 17.0 Å². The molecule has 2 rings (SSSR count). The predicted octanol–water partition coefficient (Wildman–Crippen LogP) is 6.45. The molecule has 0 saturated heterocycles. The molecule has 0 bridgehead atoms. The number of hydrogen-bond donors (Lipinski definition) is 0. The van der Waals surface area contributed by atoms with Crippen LogP contribution in [-0.4, -0.2) is 12.4 Å². The maximum atomic E-state index is 14.1. The van der Waals surface area contributed by atoms with E-state index in [1.807, 2.05) is 6.92 Å². The Morgan fingerprint density at radius 2 is 1.70 bits per heavy atom. The first-order chi connectivity index (χ1) is 11.2. The second-order valence-corrected chi connectivity index (χ2v) is 7.59. The lowest BCUT2D eigenvalue weighted by Gasteiger charge is -2.28. The van der Waals surface area contributed by atoms with Crippen molar-refractivity contribution in [3.63, 3.8) is 0 Å². The van der Waals surface area contributed by atoms with Gasteiger partial charge in [0, 0.05) is 10.6 Å². The average Bonchev–Trinajstić information content (AvgIpc) is 2.57. The molecule has 4 heteroatoms. The Balaban J connectivity index is 1.85. The first-order valence-electron chi connectivity index (χ1n) is 8.89. The van der Waals surface area contributed by atoms with Gasteiger partial charge in [-0.05, 0) is 43.2 Å². The minimum Gasteiger partial charge on any atom is -0.490 e. The van der Waals surface area contributed by atoms with Gasteiger partial charge in [0.25, 0.3) is 0 Å². The van der Waals surface area contributed by atoms with E-state index in [9.17, 15) is 8.78 Å². The smallest absolute Gasteiger partial charge is 0.201 e. The van der Waals surface area contributed by atoms with Crippen molar-refractivity contribution in [3.8, 4) is 5.75 Å². The van der Waals surface area contributed by atoms with Gasteiger partial charge in [0.1, 0.15) is 0 Å². The Morgan fingerprint density at radius 1 is 1.00 bits per heavy atom. The Bertz CT molecular complexity index is 485. The predicted molar refractivity (Wildman–Crippen MR) is 93.2 cm³/mol. The summed E-state index contributed by atoms with van der Waals surface area (Å²) >= 11 is 1.44. The second-order valence-electron chi connectivity index (χ2n) is 6.52. The van der Waals surface area contributed by atoms with E-state index in [0.717, 1.165) is 18.1 Å². The summed E-state index contributed by atoms with van der Waals surface area (Å²) in [6.07, 6.45) is 8.40. The summed E-state index contributed by atoms with van der Waals surface area (Å²) in [5, 5.41) is 0. The zero-order chi connectivity index (χ0) is 16.7. The van der Waals surface area contributed by atoms with Crippen LogP contribution in [0.5, 0.6) is 5.75 Å². The lowest BCUT2D eigenvalue weighted by atomic mass is 9.81. The van der Waals surface area contributed by atoms with E-state index >= 15 is 0 Å². The molecule has 1 fully saturated rings.